The van der Waals surface area contributed by atoms with Crippen LogP contribution in [0.1, 0.15) is 44.6 Å². The highest BCUT2D eigenvalue weighted by Crippen LogP contribution is 2.33. The predicted molar refractivity (Wildman–Crippen MR) is 81.9 cm³/mol. The minimum atomic E-state index is 0.775. The highest BCUT2D eigenvalue weighted by Gasteiger charge is 2.30. The summed E-state index contributed by atoms with van der Waals surface area (Å²) in [5.74, 6) is 0.890. The van der Waals surface area contributed by atoms with E-state index in [0.717, 1.165) is 38.0 Å². The van der Waals surface area contributed by atoms with Gasteiger partial charge in [-0.3, -0.25) is 4.90 Å². The van der Waals surface area contributed by atoms with E-state index in [0.29, 0.717) is 0 Å². The summed E-state index contributed by atoms with van der Waals surface area (Å²) in [6.45, 7) is 5.37. The lowest BCUT2D eigenvalue weighted by atomic mass is 9.98. The Balaban J connectivity index is 2.02. The van der Waals surface area contributed by atoms with Gasteiger partial charge in [0, 0.05) is 12.6 Å². The molecule has 1 aliphatic carbocycles. The van der Waals surface area contributed by atoms with Crippen LogP contribution in [0.25, 0.3) is 0 Å². The van der Waals surface area contributed by atoms with Crippen molar-refractivity contribution < 1.29 is 0 Å². The molecule has 0 aliphatic heterocycles. The van der Waals surface area contributed by atoms with Crippen LogP contribution in [-0.2, 0) is 6.54 Å². The van der Waals surface area contributed by atoms with Gasteiger partial charge in [-0.2, -0.15) is 0 Å². The molecule has 1 aliphatic rings. The summed E-state index contributed by atoms with van der Waals surface area (Å²) in [6, 6.07) is 11.6. The van der Waals surface area contributed by atoms with Crippen LogP contribution >= 0.6 is 0 Å². The molecular weight excluding hydrogens is 232 g/mol. The van der Waals surface area contributed by atoms with Crippen molar-refractivity contribution in [1.29, 1.82) is 0 Å². The quantitative estimate of drug-likeness (QED) is 0.814. The van der Waals surface area contributed by atoms with Crippen molar-refractivity contribution in [1.82, 2.24) is 4.90 Å². The largest absolute Gasteiger partial charge is 0.330 e. The van der Waals surface area contributed by atoms with E-state index in [1.807, 2.05) is 0 Å². The Morgan fingerprint density at radius 2 is 2.00 bits per heavy atom. The Kier molecular flexibility index (Phi) is 5.87. The molecule has 106 valence electrons. The molecule has 0 radical (unpaired) electrons. The molecule has 2 heteroatoms. The first-order valence-electron chi connectivity index (χ1n) is 7.83. The molecule has 0 saturated heterocycles. The minimum absolute atomic E-state index is 0.775. The van der Waals surface area contributed by atoms with Crippen LogP contribution < -0.4 is 5.73 Å². The van der Waals surface area contributed by atoms with Gasteiger partial charge >= 0.3 is 0 Å². The molecule has 2 rings (SSSR count). The van der Waals surface area contributed by atoms with Crippen LogP contribution in [0.3, 0.4) is 0 Å². The van der Waals surface area contributed by atoms with Crippen molar-refractivity contribution in [2.75, 3.05) is 13.1 Å². The average Bonchev–Trinajstić information content (AvgIpc) is 2.93. The van der Waals surface area contributed by atoms with Crippen molar-refractivity contribution >= 4 is 0 Å². The van der Waals surface area contributed by atoms with E-state index in [4.69, 9.17) is 5.73 Å². The summed E-state index contributed by atoms with van der Waals surface area (Å²) in [6.07, 6.45) is 6.61. The average molecular weight is 260 g/mol. The van der Waals surface area contributed by atoms with E-state index in [1.54, 1.807) is 0 Å². The third-order valence-corrected chi connectivity index (χ3v) is 4.49. The van der Waals surface area contributed by atoms with Crippen molar-refractivity contribution in [2.24, 2.45) is 11.7 Å². The summed E-state index contributed by atoms with van der Waals surface area (Å²) in [5, 5.41) is 0. The molecular formula is C17H28N2. The van der Waals surface area contributed by atoms with Gasteiger partial charge in [-0.1, -0.05) is 50.1 Å². The second kappa shape index (κ2) is 7.66. The van der Waals surface area contributed by atoms with Gasteiger partial charge in [0.05, 0.1) is 0 Å². The Morgan fingerprint density at radius 1 is 1.21 bits per heavy atom. The van der Waals surface area contributed by atoms with Gasteiger partial charge in [0.25, 0.3) is 0 Å². The van der Waals surface area contributed by atoms with E-state index >= 15 is 0 Å². The van der Waals surface area contributed by atoms with E-state index in [9.17, 15) is 0 Å². The molecule has 1 aromatic rings. The number of benzene rings is 1. The third kappa shape index (κ3) is 4.05. The Bertz CT molecular complexity index is 350. The van der Waals surface area contributed by atoms with Gasteiger partial charge in [-0.15, -0.1) is 0 Å². The van der Waals surface area contributed by atoms with Crippen molar-refractivity contribution in [3.63, 3.8) is 0 Å². The molecule has 0 bridgehead atoms. The van der Waals surface area contributed by atoms with E-state index < -0.39 is 0 Å². The lowest BCUT2D eigenvalue weighted by Gasteiger charge is -2.33. The van der Waals surface area contributed by atoms with Crippen LogP contribution in [0.5, 0.6) is 0 Å². The number of hydrogen-bond acceptors (Lipinski definition) is 2. The molecule has 0 aromatic heterocycles. The Labute approximate surface area is 118 Å². The fraction of sp³-hybridized carbons (Fsp3) is 0.647. The van der Waals surface area contributed by atoms with Gasteiger partial charge in [-0.25, -0.2) is 0 Å². The normalized spacial score (nSPS) is 23.1. The number of rotatable bonds is 7. The fourth-order valence-corrected chi connectivity index (χ4v) is 3.45. The maximum Gasteiger partial charge on any atom is 0.0236 e. The van der Waals surface area contributed by atoms with Crippen LogP contribution in [0.4, 0.5) is 0 Å². The Hall–Kier alpha value is -0.860. The minimum Gasteiger partial charge on any atom is -0.330 e. The van der Waals surface area contributed by atoms with Gasteiger partial charge in [0.1, 0.15) is 0 Å². The monoisotopic (exact) mass is 260 g/mol. The molecule has 1 fully saturated rings. The first-order valence-corrected chi connectivity index (χ1v) is 7.83. The lowest BCUT2D eigenvalue weighted by Crippen LogP contribution is -2.38. The maximum absolute atomic E-state index is 5.71. The summed E-state index contributed by atoms with van der Waals surface area (Å²) < 4.78 is 0. The molecule has 2 N–H and O–H groups in total. The molecule has 0 amide bonds. The van der Waals surface area contributed by atoms with Crippen molar-refractivity contribution in [2.45, 2.75) is 51.6 Å². The number of hydrogen-bond donors (Lipinski definition) is 1. The van der Waals surface area contributed by atoms with Crippen molar-refractivity contribution in [3.05, 3.63) is 35.9 Å². The molecule has 0 spiro atoms. The van der Waals surface area contributed by atoms with Crippen LogP contribution in [0.2, 0.25) is 0 Å². The van der Waals surface area contributed by atoms with Crippen LogP contribution in [0, 0.1) is 5.92 Å². The zero-order valence-electron chi connectivity index (χ0n) is 12.2. The SMILES string of the molecule is CCC1CCCC1N(CCCN)Cc1ccccc1. The van der Waals surface area contributed by atoms with Crippen LogP contribution in [-0.4, -0.2) is 24.0 Å². The summed E-state index contributed by atoms with van der Waals surface area (Å²) in [5.41, 5.74) is 7.14. The lowest BCUT2D eigenvalue weighted by molar-refractivity contribution is 0.148. The number of nitrogens with two attached hydrogens (primary N) is 1. The standard InChI is InChI=1S/C17H28N2/c1-2-16-10-6-11-17(16)19(13-7-12-18)14-15-8-4-3-5-9-15/h3-5,8-9,16-17H,2,6-7,10-14,18H2,1H3. The summed E-state index contributed by atoms with van der Waals surface area (Å²) >= 11 is 0. The third-order valence-electron chi connectivity index (χ3n) is 4.49. The second-order valence-electron chi connectivity index (χ2n) is 5.76. The van der Waals surface area contributed by atoms with Gasteiger partial charge in [0.2, 0.25) is 0 Å². The maximum atomic E-state index is 5.71. The first-order chi connectivity index (χ1) is 9.35. The zero-order valence-corrected chi connectivity index (χ0v) is 12.2. The first kappa shape index (κ1) is 14.5. The van der Waals surface area contributed by atoms with Gasteiger partial charge in [0.15, 0.2) is 0 Å². The summed E-state index contributed by atoms with van der Waals surface area (Å²) in [4.78, 5) is 2.68. The predicted octanol–water partition coefficient (Wildman–Crippen LogP) is 3.42. The smallest absolute Gasteiger partial charge is 0.0236 e. The Morgan fingerprint density at radius 3 is 2.68 bits per heavy atom. The zero-order chi connectivity index (χ0) is 13.5. The molecule has 19 heavy (non-hydrogen) atoms. The van der Waals surface area contributed by atoms with Gasteiger partial charge < -0.3 is 5.73 Å². The highest BCUT2D eigenvalue weighted by molar-refractivity contribution is 5.14. The van der Waals surface area contributed by atoms with Crippen molar-refractivity contribution in [3.8, 4) is 0 Å². The molecule has 0 heterocycles. The molecule has 1 saturated carbocycles. The molecule has 2 unspecified atom stereocenters. The van der Waals surface area contributed by atoms with Crippen LogP contribution in [0.15, 0.2) is 30.3 Å². The highest BCUT2D eigenvalue weighted by atomic mass is 15.2. The van der Waals surface area contributed by atoms with Gasteiger partial charge in [-0.05, 0) is 43.8 Å². The van der Waals surface area contributed by atoms with E-state index in [-0.39, 0.29) is 0 Å². The molecule has 1 aromatic carbocycles. The second-order valence-corrected chi connectivity index (χ2v) is 5.76. The summed E-state index contributed by atoms with van der Waals surface area (Å²) in [7, 11) is 0. The molecule has 2 nitrogen and oxygen atoms in total. The molecule has 2 atom stereocenters. The van der Waals surface area contributed by atoms with E-state index in [1.165, 1.54) is 31.2 Å². The topological polar surface area (TPSA) is 29.3 Å². The van der Waals surface area contributed by atoms with E-state index in [2.05, 4.69) is 42.2 Å². The fourth-order valence-electron chi connectivity index (χ4n) is 3.45. The number of nitrogens with zero attached hydrogens (tertiary/aromatic N) is 1.